The Morgan fingerprint density at radius 2 is 1.79 bits per heavy atom. The van der Waals surface area contributed by atoms with Crippen LogP contribution in [0.2, 0.25) is 0 Å². The quantitative estimate of drug-likeness (QED) is 0.189. The van der Waals surface area contributed by atoms with Gasteiger partial charge in [0.15, 0.2) is 0 Å². The molecule has 0 radical (unpaired) electrons. The number of esters is 1. The minimum Gasteiger partial charge on any atom is -0.462 e. The zero-order chi connectivity index (χ0) is 20.0. The SMILES string of the molecule is CCCCCCCCC(O)C=CC=CC1CCCCCC1C1CCCC(=O)O1. The molecule has 3 heteroatoms. The summed E-state index contributed by atoms with van der Waals surface area (Å²) < 4.78 is 5.70. The molecule has 160 valence electrons. The van der Waals surface area contributed by atoms with Crippen molar-refractivity contribution in [1.29, 1.82) is 0 Å². The molecule has 0 aromatic carbocycles. The van der Waals surface area contributed by atoms with E-state index in [1.165, 1.54) is 57.8 Å². The Labute approximate surface area is 172 Å². The van der Waals surface area contributed by atoms with Crippen LogP contribution in [0.15, 0.2) is 24.3 Å². The Morgan fingerprint density at radius 3 is 2.61 bits per heavy atom. The van der Waals surface area contributed by atoms with Gasteiger partial charge in [0.2, 0.25) is 0 Å². The maximum Gasteiger partial charge on any atom is 0.306 e. The lowest BCUT2D eigenvalue weighted by Gasteiger charge is -2.33. The van der Waals surface area contributed by atoms with Crippen LogP contribution in [0.1, 0.15) is 103 Å². The Kier molecular flexibility index (Phi) is 11.6. The van der Waals surface area contributed by atoms with Crippen LogP contribution >= 0.6 is 0 Å². The number of cyclic esters (lactones) is 1. The van der Waals surface area contributed by atoms with Crippen molar-refractivity contribution in [3.63, 3.8) is 0 Å². The number of allylic oxidation sites excluding steroid dienone is 3. The molecule has 1 saturated heterocycles. The van der Waals surface area contributed by atoms with Crippen LogP contribution in [0.3, 0.4) is 0 Å². The molecule has 1 saturated carbocycles. The van der Waals surface area contributed by atoms with Gasteiger partial charge in [-0.15, -0.1) is 0 Å². The number of unbranched alkanes of at least 4 members (excludes halogenated alkanes) is 5. The monoisotopic (exact) mass is 390 g/mol. The van der Waals surface area contributed by atoms with Gasteiger partial charge < -0.3 is 9.84 Å². The number of aliphatic hydroxyl groups excluding tert-OH is 1. The number of carbonyl (C=O) groups excluding carboxylic acids is 1. The summed E-state index contributed by atoms with van der Waals surface area (Å²) in [5.41, 5.74) is 0. The highest BCUT2D eigenvalue weighted by Gasteiger charge is 2.33. The second-order valence-corrected chi connectivity index (χ2v) is 8.78. The van der Waals surface area contributed by atoms with E-state index in [1.54, 1.807) is 0 Å². The predicted molar refractivity (Wildman–Crippen MR) is 116 cm³/mol. The van der Waals surface area contributed by atoms with Crippen molar-refractivity contribution in [2.45, 2.75) is 115 Å². The molecule has 0 aromatic rings. The first-order chi connectivity index (χ1) is 13.7. The van der Waals surface area contributed by atoms with E-state index < -0.39 is 0 Å². The minimum atomic E-state index is -0.333. The summed E-state index contributed by atoms with van der Waals surface area (Å²) in [7, 11) is 0. The molecule has 1 aliphatic carbocycles. The second kappa shape index (κ2) is 14.0. The topological polar surface area (TPSA) is 46.5 Å². The third kappa shape index (κ3) is 8.94. The van der Waals surface area contributed by atoms with Crippen LogP contribution in [0.4, 0.5) is 0 Å². The lowest BCUT2D eigenvalue weighted by Crippen LogP contribution is -2.34. The molecule has 0 aromatic heterocycles. The van der Waals surface area contributed by atoms with Crippen molar-refractivity contribution >= 4 is 5.97 Å². The highest BCUT2D eigenvalue weighted by molar-refractivity contribution is 5.70. The van der Waals surface area contributed by atoms with Crippen LogP contribution in [-0.4, -0.2) is 23.3 Å². The zero-order valence-electron chi connectivity index (χ0n) is 18.0. The lowest BCUT2D eigenvalue weighted by molar-refractivity contribution is -0.158. The molecule has 1 aliphatic heterocycles. The fourth-order valence-corrected chi connectivity index (χ4v) is 4.73. The van der Waals surface area contributed by atoms with Gasteiger partial charge in [-0.2, -0.15) is 0 Å². The third-order valence-corrected chi connectivity index (χ3v) is 6.41. The van der Waals surface area contributed by atoms with Gasteiger partial charge >= 0.3 is 5.97 Å². The minimum absolute atomic E-state index is 0.0130. The molecular weight excluding hydrogens is 348 g/mol. The van der Waals surface area contributed by atoms with Gasteiger partial charge in [-0.25, -0.2) is 0 Å². The summed E-state index contributed by atoms with van der Waals surface area (Å²) in [4.78, 5) is 11.7. The van der Waals surface area contributed by atoms with Crippen LogP contribution < -0.4 is 0 Å². The summed E-state index contributed by atoms with van der Waals surface area (Å²) in [5.74, 6) is 0.934. The lowest BCUT2D eigenvalue weighted by atomic mass is 9.81. The van der Waals surface area contributed by atoms with Gasteiger partial charge in [0.25, 0.3) is 0 Å². The largest absolute Gasteiger partial charge is 0.462 e. The molecule has 2 fully saturated rings. The molecular formula is C25H42O3. The molecule has 1 heterocycles. The van der Waals surface area contributed by atoms with Gasteiger partial charge in [0.05, 0.1) is 6.10 Å². The predicted octanol–water partition coefficient (Wildman–Crippen LogP) is 6.50. The van der Waals surface area contributed by atoms with Crippen LogP contribution in [0, 0.1) is 11.8 Å². The molecule has 0 bridgehead atoms. The van der Waals surface area contributed by atoms with Gasteiger partial charge in [-0.3, -0.25) is 4.79 Å². The Morgan fingerprint density at radius 1 is 1.00 bits per heavy atom. The zero-order valence-corrected chi connectivity index (χ0v) is 18.0. The number of hydrogen-bond donors (Lipinski definition) is 1. The van der Waals surface area contributed by atoms with E-state index in [0.29, 0.717) is 18.3 Å². The Balaban J connectivity index is 1.75. The van der Waals surface area contributed by atoms with Crippen LogP contribution in [0.25, 0.3) is 0 Å². The Bertz CT molecular complexity index is 482. The molecule has 0 amide bonds. The number of aliphatic hydroxyl groups is 1. The highest BCUT2D eigenvalue weighted by atomic mass is 16.5. The number of ether oxygens (including phenoxy) is 1. The fourth-order valence-electron chi connectivity index (χ4n) is 4.73. The van der Waals surface area contributed by atoms with Gasteiger partial charge in [-0.05, 0) is 38.0 Å². The first-order valence-electron chi connectivity index (χ1n) is 11.9. The maximum atomic E-state index is 11.7. The van der Waals surface area contributed by atoms with E-state index in [2.05, 4.69) is 19.1 Å². The summed E-state index contributed by atoms with van der Waals surface area (Å²) in [6.07, 6.45) is 25.3. The van der Waals surface area contributed by atoms with Gasteiger partial charge in [-0.1, -0.05) is 89.0 Å². The highest BCUT2D eigenvalue weighted by Crippen LogP contribution is 2.36. The van der Waals surface area contributed by atoms with E-state index in [4.69, 9.17) is 4.74 Å². The molecule has 4 atom stereocenters. The maximum absolute atomic E-state index is 11.7. The molecule has 3 nitrogen and oxygen atoms in total. The average Bonchev–Trinajstić information content (AvgIpc) is 2.93. The van der Waals surface area contributed by atoms with Crippen molar-refractivity contribution in [1.82, 2.24) is 0 Å². The van der Waals surface area contributed by atoms with E-state index in [0.717, 1.165) is 32.1 Å². The number of rotatable bonds is 11. The van der Waals surface area contributed by atoms with E-state index >= 15 is 0 Å². The van der Waals surface area contributed by atoms with Crippen molar-refractivity contribution in [3.8, 4) is 0 Å². The normalized spacial score (nSPS) is 27.8. The Hall–Kier alpha value is -1.09. The summed E-state index contributed by atoms with van der Waals surface area (Å²) in [5, 5.41) is 10.1. The average molecular weight is 391 g/mol. The van der Waals surface area contributed by atoms with E-state index in [1.807, 2.05) is 12.2 Å². The van der Waals surface area contributed by atoms with E-state index in [9.17, 15) is 9.90 Å². The van der Waals surface area contributed by atoms with Crippen molar-refractivity contribution in [3.05, 3.63) is 24.3 Å². The summed E-state index contributed by atoms with van der Waals surface area (Å²) >= 11 is 0. The second-order valence-electron chi connectivity index (χ2n) is 8.78. The fraction of sp³-hybridized carbons (Fsp3) is 0.800. The van der Waals surface area contributed by atoms with Crippen molar-refractivity contribution in [2.75, 3.05) is 0 Å². The molecule has 2 rings (SSSR count). The summed E-state index contributed by atoms with van der Waals surface area (Å²) in [6, 6.07) is 0. The molecule has 2 aliphatic rings. The van der Waals surface area contributed by atoms with Crippen LogP contribution in [0.5, 0.6) is 0 Å². The van der Waals surface area contributed by atoms with Crippen LogP contribution in [-0.2, 0) is 9.53 Å². The van der Waals surface area contributed by atoms with Crippen molar-refractivity contribution < 1.29 is 14.6 Å². The first-order valence-corrected chi connectivity index (χ1v) is 11.9. The third-order valence-electron chi connectivity index (χ3n) is 6.41. The number of carbonyl (C=O) groups is 1. The molecule has 28 heavy (non-hydrogen) atoms. The van der Waals surface area contributed by atoms with Gasteiger partial charge in [0, 0.05) is 12.3 Å². The smallest absolute Gasteiger partial charge is 0.306 e. The van der Waals surface area contributed by atoms with Crippen molar-refractivity contribution in [2.24, 2.45) is 11.8 Å². The number of hydrogen-bond acceptors (Lipinski definition) is 3. The molecule has 1 N–H and O–H groups in total. The van der Waals surface area contributed by atoms with E-state index in [-0.39, 0.29) is 18.2 Å². The van der Waals surface area contributed by atoms with Gasteiger partial charge in [0.1, 0.15) is 6.10 Å². The summed E-state index contributed by atoms with van der Waals surface area (Å²) in [6.45, 7) is 2.24. The first kappa shape index (κ1) is 23.2. The standard InChI is InChI=1S/C25H42O3/c1-2-3-4-5-6-9-16-22(26)17-12-11-15-21-14-8-7-10-18-23(21)24-19-13-20-25(27)28-24/h11-12,15,17,21-24,26H,2-10,13-14,16,18-20H2,1H3. The molecule has 4 unspecified atom stereocenters. The molecule has 0 spiro atoms.